The van der Waals surface area contributed by atoms with E-state index in [1.54, 1.807) is 7.11 Å². The van der Waals surface area contributed by atoms with Crippen LogP contribution < -0.4 is 5.56 Å². The summed E-state index contributed by atoms with van der Waals surface area (Å²) in [5.41, 5.74) is 3.97. The predicted molar refractivity (Wildman–Crippen MR) is 101 cm³/mol. The molecule has 0 atom stereocenters. The summed E-state index contributed by atoms with van der Waals surface area (Å²) in [6, 6.07) is 13.1. The van der Waals surface area contributed by atoms with Crippen LogP contribution in [0.5, 0.6) is 0 Å². The van der Waals surface area contributed by atoms with Crippen LogP contribution in [0.4, 0.5) is 0 Å². The predicted octanol–water partition coefficient (Wildman–Crippen LogP) is 3.44. The molecule has 138 valence electrons. The van der Waals surface area contributed by atoms with Gasteiger partial charge in [0.1, 0.15) is 17.1 Å². The Labute approximate surface area is 155 Å². The van der Waals surface area contributed by atoms with Gasteiger partial charge in [0.05, 0.1) is 12.3 Å². The van der Waals surface area contributed by atoms with E-state index < -0.39 is 0 Å². The Morgan fingerprint density at radius 1 is 1.19 bits per heavy atom. The molecule has 7 heteroatoms. The number of fused-ring (bicyclic) bond motifs is 1. The standard InChI is InChI=1S/C20H20N4O3/c1-3-7-14-10-16(23-27-14)15-11-18(25)24-20(21-15)19(17(22-24)12-26-2)13-8-5-4-6-9-13/h4-6,8-11,22H,3,7,12H2,1-2H3. The number of nitrogens with one attached hydrogen (secondary N) is 1. The summed E-state index contributed by atoms with van der Waals surface area (Å²) in [7, 11) is 1.62. The monoisotopic (exact) mass is 364 g/mol. The molecule has 0 amide bonds. The molecule has 0 saturated carbocycles. The number of benzene rings is 1. The Hall–Kier alpha value is -3.19. The summed E-state index contributed by atoms with van der Waals surface area (Å²) in [5, 5.41) is 7.19. The summed E-state index contributed by atoms with van der Waals surface area (Å²) < 4.78 is 12.1. The molecule has 0 spiro atoms. The maximum absolute atomic E-state index is 12.7. The van der Waals surface area contributed by atoms with E-state index in [2.05, 4.69) is 17.2 Å². The van der Waals surface area contributed by atoms with Crippen molar-refractivity contribution in [3.8, 4) is 22.5 Å². The second-order valence-electron chi connectivity index (χ2n) is 6.33. The molecule has 0 saturated heterocycles. The Morgan fingerprint density at radius 2 is 2.00 bits per heavy atom. The molecule has 4 aromatic rings. The quantitative estimate of drug-likeness (QED) is 0.566. The van der Waals surface area contributed by atoms with Crippen LogP contribution in [-0.2, 0) is 17.8 Å². The molecule has 1 aromatic carbocycles. The van der Waals surface area contributed by atoms with Gasteiger partial charge in [-0.15, -0.1) is 0 Å². The summed E-state index contributed by atoms with van der Waals surface area (Å²) >= 11 is 0. The van der Waals surface area contributed by atoms with Crippen LogP contribution in [-0.4, -0.2) is 26.9 Å². The molecule has 7 nitrogen and oxygen atoms in total. The van der Waals surface area contributed by atoms with E-state index in [0.717, 1.165) is 35.4 Å². The zero-order chi connectivity index (χ0) is 18.8. The molecule has 0 aliphatic heterocycles. The van der Waals surface area contributed by atoms with Crippen molar-refractivity contribution in [2.75, 3.05) is 7.11 Å². The Morgan fingerprint density at radius 3 is 2.74 bits per heavy atom. The fraction of sp³-hybridized carbons (Fsp3) is 0.250. The highest BCUT2D eigenvalue weighted by atomic mass is 16.5. The highest BCUT2D eigenvalue weighted by molar-refractivity contribution is 5.80. The molecule has 1 N–H and O–H groups in total. The smallest absolute Gasteiger partial charge is 0.273 e. The van der Waals surface area contributed by atoms with Crippen LogP contribution in [0.25, 0.3) is 28.2 Å². The third-order valence-electron chi connectivity index (χ3n) is 4.36. The minimum Gasteiger partial charge on any atom is -0.378 e. The number of H-pyrrole nitrogens is 1. The lowest BCUT2D eigenvalue weighted by atomic mass is 10.1. The molecule has 0 aliphatic rings. The molecule has 0 fully saturated rings. The van der Waals surface area contributed by atoms with E-state index in [-0.39, 0.29) is 5.56 Å². The Balaban J connectivity index is 1.93. The van der Waals surface area contributed by atoms with Crippen molar-refractivity contribution < 1.29 is 9.26 Å². The first kappa shape index (κ1) is 17.2. The van der Waals surface area contributed by atoms with Gasteiger partial charge in [-0.1, -0.05) is 42.4 Å². The normalized spacial score (nSPS) is 11.3. The van der Waals surface area contributed by atoms with E-state index in [1.807, 2.05) is 36.4 Å². The van der Waals surface area contributed by atoms with Gasteiger partial charge in [-0.05, 0) is 12.0 Å². The second-order valence-corrected chi connectivity index (χ2v) is 6.33. The van der Waals surface area contributed by atoms with Crippen molar-refractivity contribution in [2.45, 2.75) is 26.4 Å². The van der Waals surface area contributed by atoms with Crippen LogP contribution in [0.15, 0.2) is 51.8 Å². The van der Waals surface area contributed by atoms with E-state index in [0.29, 0.717) is 23.6 Å². The topological polar surface area (TPSA) is 85.4 Å². The molecule has 0 unspecified atom stereocenters. The van der Waals surface area contributed by atoms with Gasteiger partial charge < -0.3 is 9.26 Å². The molecule has 3 heterocycles. The molecule has 0 radical (unpaired) electrons. The lowest BCUT2D eigenvalue weighted by molar-refractivity contribution is 0.181. The van der Waals surface area contributed by atoms with Gasteiger partial charge in [-0.3, -0.25) is 9.89 Å². The SMILES string of the molecule is CCCc1cc(-c2cc(=O)n3[nH]c(COC)c(-c4ccccc4)c3n2)no1. The summed E-state index contributed by atoms with van der Waals surface area (Å²) in [5.74, 6) is 0.784. The van der Waals surface area contributed by atoms with Crippen LogP contribution >= 0.6 is 0 Å². The van der Waals surface area contributed by atoms with Gasteiger partial charge in [-0.25, -0.2) is 9.50 Å². The van der Waals surface area contributed by atoms with E-state index in [1.165, 1.54) is 10.6 Å². The molecular weight excluding hydrogens is 344 g/mol. The number of aromatic nitrogens is 4. The van der Waals surface area contributed by atoms with Crippen molar-refractivity contribution in [1.29, 1.82) is 0 Å². The fourth-order valence-electron chi connectivity index (χ4n) is 3.17. The second kappa shape index (κ2) is 7.20. The van der Waals surface area contributed by atoms with Crippen LogP contribution in [0.1, 0.15) is 24.8 Å². The molecule has 3 aromatic heterocycles. The number of aromatic amines is 1. The van der Waals surface area contributed by atoms with Gasteiger partial charge in [-0.2, -0.15) is 0 Å². The Bertz CT molecular complexity index is 1130. The lowest BCUT2D eigenvalue weighted by Crippen LogP contribution is -2.14. The van der Waals surface area contributed by atoms with Crippen molar-refractivity contribution in [3.05, 3.63) is 64.3 Å². The largest absolute Gasteiger partial charge is 0.378 e. The number of nitrogens with zero attached hydrogens (tertiary/aromatic N) is 3. The number of aryl methyl sites for hydroxylation is 1. The van der Waals surface area contributed by atoms with Crippen LogP contribution in [0, 0.1) is 0 Å². The third kappa shape index (κ3) is 3.17. The number of methoxy groups -OCH3 is 1. The van der Waals surface area contributed by atoms with Crippen LogP contribution in [0.2, 0.25) is 0 Å². The maximum atomic E-state index is 12.7. The number of hydrogen-bond donors (Lipinski definition) is 1. The van der Waals surface area contributed by atoms with Gasteiger partial charge in [0.25, 0.3) is 5.56 Å². The maximum Gasteiger partial charge on any atom is 0.273 e. The highest BCUT2D eigenvalue weighted by Crippen LogP contribution is 2.28. The number of rotatable bonds is 6. The highest BCUT2D eigenvalue weighted by Gasteiger charge is 2.18. The minimum atomic E-state index is -0.213. The van der Waals surface area contributed by atoms with Crippen molar-refractivity contribution in [2.24, 2.45) is 0 Å². The summed E-state index contributed by atoms with van der Waals surface area (Å²) in [6.07, 6.45) is 1.76. The van der Waals surface area contributed by atoms with E-state index in [9.17, 15) is 4.79 Å². The van der Waals surface area contributed by atoms with E-state index in [4.69, 9.17) is 14.2 Å². The average Bonchev–Trinajstić information content (AvgIpc) is 3.28. The number of ether oxygens (including phenoxy) is 1. The molecule has 27 heavy (non-hydrogen) atoms. The molecule has 0 bridgehead atoms. The fourth-order valence-corrected chi connectivity index (χ4v) is 3.17. The molecule has 0 aliphatic carbocycles. The van der Waals surface area contributed by atoms with Crippen molar-refractivity contribution >= 4 is 5.65 Å². The van der Waals surface area contributed by atoms with Crippen molar-refractivity contribution in [1.82, 2.24) is 19.8 Å². The summed E-state index contributed by atoms with van der Waals surface area (Å²) in [6.45, 7) is 2.41. The first-order valence-electron chi connectivity index (χ1n) is 8.86. The lowest BCUT2D eigenvalue weighted by Gasteiger charge is -2.03. The van der Waals surface area contributed by atoms with Crippen molar-refractivity contribution in [3.63, 3.8) is 0 Å². The molecular formula is C20H20N4O3. The molecule has 4 rings (SSSR count). The Kier molecular flexibility index (Phi) is 4.60. The zero-order valence-corrected chi connectivity index (χ0v) is 15.2. The average molecular weight is 364 g/mol. The first-order chi connectivity index (χ1) is 13.2. The van der Waals surface area contributed by atoms with Gasteiger partial charge >= 0.3 is 0 Å². The minimum absolute atomic E-state index is 0.213. The van der Waals surface area contributed by atoms with Gasteiger partial charge in [0, 0.05) is 31.2 Å². The van der Waals surface area contributed by atoms with Gasteiger partial charge in [0.2, 0.25) is 0 Å². The number of hydrogen-bond acceptors (Lipinski definition) is 5. The van der Waals surface area contributed by atoms with Gasteiger partial charge in [0.15, 0.2) is 5.65 Å². The first-order valence-corrected chi connectivity index (χ1v) is 8.86. The van der Waals surface area contributed by atoms with Crippen LogP contribution in [0.3, 0.4) is 0 Å². The third-order valence-corrected chi connectivity index (χ3v) is 4.36. The zero-order valence-electron chi connectivity index (χ0n) is 15.2. The summed E-state index contributed by atoms with van der Waals surface area (Å²) in [4.78, 5) is 17.4. The van der Waals surface area contributed by atoms with E-state index >= 15 is 0 Å².